The average molecular weight is 499 g/mol. The largest absolute Gasteiger partial charge is 0.351 e. The average Bonchev–Trinajstić information content (AvgIpc) is 3.33. The number of benzene rings is 3. The fourth-order valence-corrected chi connectivity index (χ4v) is 4.83. The number of rotatable bonds is 5. The van der Waals surface area contributed by atoms with Gasteiger partial charge in [0.1, 0.15) is 5.82 Å². The number of thiocarbonyl (C=S) groups is 1. The van der Waals surface area contributed by atoms with Gasteiger partial charge in [-0.3, -0.25) is 0 Å². The Morgan fingerprint density at radius 3 is 2.53 bits per heavy atom. The van der Waals surface area contributed by atoms with Gasteiger partial charge in [0.2, 0.25) is 5.82 Å². The van der Waals surface area contributed by atoms with E-state index in [9.17, 15) is 4.39 Å². The fraction of sp³-hybridized carbons (Fsp3) is 0.207. The smallest absolute Gasteiger partial charge is 0.258 e. The molecule has 5 rings (SSSR count). The molecule has 5 nitrogen and oxygen atoms in total. The van der Waals surface area contributed by atoms with Crippen LogP contribution in [0.25, 0.3) is 17.0 Å². The Labute approximate surface area is 215 Å². The van der Waals surface area contributed by atoms with Gasteiger partial charge in [-0.25, -0.2) is 4.39 Å². The van der Waals surface area contributed by atoms with Crippen LogP contribution in [-0.4, -0.2) is 20.2 Å². The van der Waals surface area contributed by atoms with E-state index in [1.807, 2.05) is 13.0 Å². The van der Waals surface area contributed by atoms with Crippen LogP contribution in [0.4, 0.5) is 4.39 Å². The maximum Gasteiger partial charge on any atom is 0.258 e. The molecule has 3 aromatic carbocycles. The van der Waals surface area contributed by atoms with Gasteiger partial charge in [-0.1, -0.05) is 65.3 Å². The zero-order valence-corrected chi connectivity index (χ0v) is 21.5. The summed E-state index contributed by atoms with van der Waals surface area (Å²) in [5, 5.41) is 8.31. The summed E-state index contributed by atoms with van der Waals surface area (Å²) in [6.45, 7) is 8.89. The van der Waals surface area contributed by atoms with Crippen LogP contribution < -0.4 is 5.32 Å². The van der Waals surface area contributed by atoms with E-state index in [4.69, 9.17) is 16.7 Å². The van der Waals surface area contributed by atoms with E-state index in [-0.39, 0.29) is 11.9 Å². The lowest BCUT2D eigenvalue weighted by Gasteiger charge is -2.37. The lowest BCUT2D eigenvalue weighted by Crippen LogP contribution is -2.45. The molecule has 1 aliphatic rings. The van der Waals surface area contributed by atoms with Crippen LogP contribution in [0, 0.1) is 26.6 Å². The first-order valence-electron chi connectivity index (χ1n) is 11.8. The highest BCUT2D eigenvalue weighted by molar-refractivity contribution is 7.80. The maximum absolute atomic E-state index is 13.8. The zero-order valence-electron chi connectivity index (χ0n) is 20.7. The van der Waals surface area contributed by atoms with Gasteiger partial charge >= 0.3 is 0 Å². The van der Waals surface area contributed by atoms with Crippen molar-refractivity contribution in [3.63, 3.8) is 0 Å². The van der Waals surface area contributed by atoms with Crippen molar-refractivity contribution < 1.29 is 8.91 Å². The molecule has 0 fully saturated rings. The minimum atomic E-state index is -0.351. The van der Waals surface area contributed by atoms with Crippen LogP contribution in [0.1, 0.15) is 46.7 Å². The van der Waals surface area contributed by atoms with Gasteiger partial charge in [-0.05, 0) is 74.3 Å². The Balaban J connectivity index is 1.62. The van der Waals surface area contributed by atoms with Crippen molar-refractivity contribution in [2.45, 2.75) is 40.3 Å². The summed E-state index contributed by atoms with van der Waals surface area (Å²) < 4.78 is 19.6. The second kappa shape index (κ2) is 9.66. The quantitative estimate of drug-likeness (QED) is 0.311. The molecule has 1 aliphatic heterocycles. The van der Waals surface area contributed by atoms with Crippen LogP contribution in [0.2, 0.25) is 0 Å². The summed E-state index contributed by atoms with van der Waals surface area (Å²) in [5.41, 5.74) is 8.12. The van der Waals surface area contributed by atoms with Crippen molar-refractivity contribution in [1.82, 2.24) is 20.4 Å². The molecular formula is C29H27FN4OS. The molecule has 0 bridgehead atoms. The summed E-state index contributed by atoms with van der Waals surface area (Å²) in [5.74, 6) is 0.359. The molecule has 182 valence electrons. The topological polar surface area (TPSA) is 54.2 Å². The van der Waals surface area contributed by atoms with E-state index in [1.54, 1.807) is 12.1 Å². The fourth-order valence-electron chi connectivity index (χ4n) is 4.51. The molecule has 0 saturated heterocycles. The number of allylic oxidation sites excluding steroid dienone is 1. The molecule has 2 heterocycles. The highest BCUT2D eigenvalue weighted by Gasteiger charge is 2.34. The zero-order chi connectivity index (χ0) is 25.4. The number of halogens is 1. The third-order valence-corrected chi connectivity index (χ3v) is 6.96. The number of aromatic nitrogens is 2. The third kappa shape index (κ3) is 4.66. The van der Waals surface area contributed by atoms with E-state index in [0.29, 0.717) is 28.9 Å². The van der Waals surface area contributed by atoms with E-state index in [1.165, 1.54) is 28.8 Å². The Morgan fingerprint density at radius 2 is 1.78 bits per heavy atom. The lowest BCUT2D eigenvalue weighted by atomic mass is 9.92. The highest BCUT2D eigenvalue weighted by atomic mass is 32.1. The van der Waals surface area contributed by atoms with Gasteiger partial charge in [-0.2, -0.15) is 4.98 Å². The SMILES string of the molecule is CC1=C(c2nc(-c3cccc(F)c3)no2)C(c2ccc(C)c(C)c2)NC(=S)N1Cc1cccc(C)c1. The van der Waals surface area contributed by atoms with Crippen molar-refractivity contribution in [1.29, 1.82) is 0 Å². The molecule has 0 saturated carbocycles. The minimum absolute atomic E-state index is 0.272. The first-order valence-corrected chi connectivity index (χ1v) is 12.2. The predicted octanol–water partition coefficient (Wildman–Crippen LogP) is 6.66. The van der Waals surface area contributed by atoms with Gasteiger partial charge in [0, 0.05) is 17.8 Å². The molecule has 0 spiro atoms. The maximum atomic E-state index is 13.8. The predicted molar refractivity (Wildman–Crippen MR) is 143 cm³/mol. The molecule has 1 unspecified atom stereocenters. The molecule has 36 heavy (non-hydrogen) atoms. The molecule has 1 aromatic heterocycles. The summed E-state index contributed by atoms with van der Waals surface area (Å²) in [4.78, 5) is 6.74. The van der Waals surface area contributed by atoms with Gasteiger partial charge < -0.3 is 14.7 Å². The van der Waals surface area contributed by atoms with Gasteiger partial charge in [0.05, 0.1) is 11.6 Å². The standard InChI is InChI=1S/C29H27FN4OS/c1-17-7-5-8-21(13-17)16-34-20(4)25(26(31-29(34)36)22-12-11-18(2)19(3)14-22)28-32-27(33-35-28)23-9-6-10-24(30)15-23/h5-15,26H,16H2,1-4H3,(H,31,36). The monoisotopic (exact) mass is 498 g/mol. The number of hydrogen-bond donors (Lipinski definition) is 1. The number of nitrogens with zero attached hydrogens (tertiary/aromatic N) is 3. The Morgan fingerprint density at radius 1 is 0.972 bits per heavy atom. The van der Waals surface area contributed by atoms with Crippen molar-refractivity contribution in [3.8, 4) is 11.4 Å². The van der Waals surface area contributed by atoms with Crippen LogP contribution >= 0.6 is 12.2 Å². The molecule has 4 aromatic rings. The van der Waals surface area contributed by atoms with Gasteiger partial charge in [0.15, 0.2) is 5.11 Å². The molecule has 0 aliphatic carbocycles. The Hall–Kier alpha value is -3.84. The van der Waals surface area contributed by atoms with Crippen LogP contribution in [0.15, 0.2) is 77.0 Å². The van der Waals surface area contributed by atoms with Crippen molar-refractivity contribution in [2.24, 2.45) is 0 Å². The van der Waals surface area contributed by atoms with Gasteiger partial charge in [0.25, 0.3) is 5.89 Å². The Kier molecular flexibility index (Phi) is 6.41. The summed E-state index contributed by atoms with van der Waals surface area (Å²) >= 11 is 5.84. The highest BCUT2D eigenvalue weighted by Crippen LogP contribution is 2.38. The molecule has 1 N–H and O–H groups in total. The first-order chi connectivity index (χ1) is 17.3. The number of nitrogens with one attached hydrogen (secondary N) is 1. The van der Waals surface area contributed by atoms with Crippen LogP contribution in [-0.2, 0) is 6.54 Å². The van der Waals surface area contributed by atoms with Gasteiger partial charge in [-0.15, -0.1) is 0 Å². The summed E-state index contributed by atoms with van der Waals surface area (Å²) in [6, 6.07) is 20.6. The van der Waals surface area contributed by atoms with Crippen molar-refractivity contribution >= 4 is 22.9 Å². The molecular weight excluding hydrogens is 471 g/mol. The second-order valence-electron chi connectivity index (χ2n) is 9.23. The van der Waals surface area contributed by atoms with E-state index >= 15 is 0 Å². The van der Waals surface area contributed by atoms with E-state index < -0.39 is 0 Å². The molecule has 1 atom stereocenters. The normalized spacial score (nSPS) is 15.9. The van der Waals surface area contributed by atoms with Crippen molar-refractivity contribution in [3.05, 3.63) is 112 Å². The summed E-state index contributed by atoms with van der Waals surface area (Å²) in [6.07, 6.45) is 0. The minimum Gasteiger partial charge on any atom is -0.351 e. The lowest BCUT2D eigenvalue weighted by molar-refractivity contribution is 0.396. The third-order valence-electron chi connectivity index (χ3n) is 6.62. The van der Waals surface area contributed by atoms with E-state index in [0.717, 1.165) is 22.4 Å². The van der Waals surface area contributed by atoms with E-state index in [2.05, 4.69) is 77.5 Å². The summed E-state index contributed by atoms with van der Waals surface area (Å²) in [7, 11) is 0. The second-order valence-corrected chi connectivity index (χ2v) is 9.62. The molecule has 0 amide bonds. The van der Waals surface area contributed by atoms with Crippen LogP contribution in [0.5, 0.6) is 0 Å². The Bertz CT molecular complexity index is 1490. The van der Waals surface area contributed by atoms with Crippen LogP contribution in [0.3, 0.4) is 0 Å². The molecule has 0 radical (unpaired) electrons. The molecule has 7 heteroatoms. The number of hydrogen-bond acceptors (Lipinski definition) is 4. The number of aryl methyl sites for hydroxylation is 3. The first kappa shape index (κ1) is 23.9. The van der Waals surface area contributed by atoms with Crippen molar-refractivity contribution in [2.75, 3.05) is 0 Å².